The first kappa shape index (κ1) is 14.6. The van der Waals surface area contributed by atoms with Crippen molar-refractivity contribution in [3.8, 4) is 0 Å². The molecule has 4 heteroatoms. The summed E-state index contributed by atoms with van der Waals surface area (Å²) in [6.45, 7) is 7.54. The molecule has 0 radical (unpaired) electrons. The van der Waals surface area contributed by atoms with Crippen molar-refractivity contribution in [2.75, 3.05) is 13.1 Å². The Balaban J connectivity index is 1.79. The molecular formula is C15H28N2O2. The lowest BCUT2D eigenvalue weighted by Crippen LogP contribution is -2.50. The van der Waals surface area contributed by atoms with Gasteiger partial charge in [0.05, 0.1) is 0 Å². The molecular weight excluding hydrogens is 240 g/mol. The normalized spacial score (nSPS) is 31.4. The molecule has 0 spiro atoms. The number of ether oxygens (including phenoxy) is 1. The smallest absolute Gasteiger partial charge is 0.407 e. The Kier molecular flexibility index (Phi) is 4.71. The minimum absolute atomic E-state index is 0.279. The standard InChI is InChI=1S/C15H28N2O2/c1-15(2,3)19-14(18)17-10-11-8-9-16-13-7-5-4-6-12(11)13/h11-13,16H,4-10H2,1-3H3,(H,17,18)/t11?,12-,13-/m1/s1. The van der Waals surface area contributed by atoms with E-state index in [0.717, 1.165) is 25.4 Å². The van der Waals surface area contributed by atoms with E-state index in [2.05, 4.69) is 10.6 Å². The van der Waals surface area contributed by atoms with Gasteiger partial charge in [0.1, 0.15) is 5.60 Å². The number of nitrogens with one attached hydrogen (secondary N) is 2. The molecule has 2 N–H and O–H groups in total. The Bertz CT molecular complexity index is 310. The molecule has 0 bridgehead atoms. The molecule has 1 unspecified atom stereocenters. The third kappa shape index (κ3) is 4.37. The van der Waals surface area contributed by atoms with Crippen LogP contribution < -0.4 is 10.6 Å². The van der Waals surface area contributed by atoms with Gasteiger partial charge in [-0.2, -0.15) is 0 Å². The minimum Gasteiger partial charge on any atom is -0.444 e. The van der Waals surface area contributed by atoms with Crippen molar-refractivity contribution < 1.29 is 9.53 Å². The number of hydrogen-bond donors (Lipinski definition) is 2. The Morgan fingerprint density at radius 1 is 1.26 bits per heavy atom. The van der Waals surface area contributed by atoms with Crippen LogP contribution in [0.5, 0.6) is 0 Å². The molecule has 1 heterocycles. The van der Waals surface area contributed by atoms with Gasteiger partial charge in [0, 0.05) is 12.6 Å². The quantitative estimate of drug-likeness (QED) is 0.809. The molecule has 4 nitrogen and oxygen atoms in total. The summed E-state index contributed by atoms with van der Waals surface area (Å²) in [5, 5.41) is 6.59. The van der Waals surface area contributed by atoms with Crippen molar-refractivity contribution in [1.29, 1.82) is 0 Å². The average Bonchev–Trinajstić information content (AvgIpc) is 2.34. The Labute approximate surface area is 116 Å². The average molecular weight is 268 g/mol. The summed E-state index contributed by atoms with van der Waals surface area (Å²) in [7, 11) is 0. The Morgan fingerprint density at radius 3 is 2.74 bits per heavy atom. The van der Waals surface area contributed by atoms with Crippen LogP contribution in [0.15, 0.2) is 0 Å². The number of alkyl carbamates (subject to hydrolysis) is 1. The van der Waals surface area contributed by atoms with Crippen LogP contribution in [0.25, 0.3) is 0 Å². The third-order valence-corrected chi connectivity index (χ3v) is 4.25. The minimum atomic E-state index is -0.411. The molecule has 0 aromatic rings. The van der Waals surface area contributed by atoms with Crippen molar-refractivity contribution >= 4 is 6.09 Å². The second-order valence-corrected chi connectivity index (χ2v) is 6.94. The van der Waals surface area contributed by atoms with Gasteiger partial charge in [-0.3, -0.25) is 0 Å². The van der Waals surface area contributed by atoms with Gasteiger partial charge in [-0.05, 0) is 58.4 Å². The van der Waals surface area contributed by atoms with Crippen molar-refractivity contribution in [2.24, 2.45) is 11.8 Å². The third-order valence-electron chi connectivity index (χ3n) is 4.25. The van der Waals surface area contributed by atoms with E-state index in [1.807, 2.05) is 20.8 Å². The van der Waals surface area contributed by atoms with E-state index >= 15 is 0 Å². The molecule has 19 heavy (non-hydrogen) atoms. The summed E-state index contributed by atoms with van der Waals surface area (Å²) in [5.41, 5.74) is -0.411. The molecule has 0 aromatic heterocycles. The topological polar surface area (TPSA) is 50.4 Å². The van der Waals surface area contributed by atoms with Crippen molar-refractivity contribution in [3.05, 3.63) is 0 Å². The predicted molar refractivity (Wildman–Crippen MR) is 76.1 cm³/mol. The van der Waals surface area contributed by atoms with Crippen LogP contribution in [-0.2, 0) is 4.74 Å². The number of carbonyl (C=O) groups excluding carboxylic acids is 1. The monoisotopic (exact) mass is 268 g/mol. The zero-order valence-electron chi connectivity index (χ0n) is 12.5. The van der Waals surface area contributed by atoms with E-state index in [1.165, 1.54) is 25.7 Å². The van der Waals surface area contributed by atoms with Gasteiger partial charge in [0.15, 0.2) is 0 Å². The highest BCUT2D eigenvalue weighted by molar-refractivity contribution is 5.67. The van der Waals surface area contributed by atoms with Gasteiger partial charge in [0.2, 0.25) is 0 Å². The zero-order valence-corrected chi connectivity index (χ0v) is 12.5. The van der Waals surface area contributed by atoms with Crippen LogP contribution in [0.2, 0.25) is 0 Å². The van der Waals surface area contributed by atoms with Crippen LogP contribution in [0.3, 0.4) is 0 Å². The Hall–Kier alpha value is -0.770. The Morgan fingerprint density at radius 2 is 2.00 bits per heavy atom. The van der Waals surface area contributed by atoms with Gasteiger partial charge in [-0.15, -0.1) is 0 Å². The molecule has 1 saturated carbocycles. The van der Waals surface area contributed by atoms with E-state index in [4.69, 9.17) is 4.74 Å². The van der Waals surface area contributed by atoms with Gasteiger partial charge in [-0.1, -0.05) is 12.8 Å². The number of piperidine rings is 1. The summed E-state index contributed by atoms with van der Waals surface area (Å²) in [5.74, 6) is 1.34. The van der Waals surface area contributed by atoms with Gasteiger partial charge in [-0.25, -0.2) is 4.79 Å². The highest BCUT2D eigenvalue weighted by Gasteiger charge is 2.34. The van der Waals surface area contributed by atoms with Crippen LogP contribution >= 0.6 is 0 Å². The molecule has 2 aliphatic rings. The summed E-state index contributed by atoms with van der Waals surface area (Å²) in [6, 6.07) is 0.674. The SMILES string of the molecule is CC(C)(C)OC(=O)NCC1CCN[C@@H]2CCCC[C@H]12. The second kappa shape index (κ2) is 6.12. The summed E-state index contributed by atoms with van der Waals surface area (Å²) >= 11 is 0. The van der Waals surface area contributed by atoms with Crippen LogP contribution in [0, 0.1) is 11.8 Å². The molecule has 2 fully saturated rings. The lowest BCUT2D eigenvalue weighted by molar-refractivity contribution is 0.0492. The number of hydrogen-bond acceptors (Lipinski definition) is 3. The second-order valence-electron chi connectivity index (χ2n) is 6.94. The van der Waals surface area contributed by atoms with E-state index < -0.39 is 5.60 Å². The van der Waals surface area contributed by atoms with Crippen LogP contribution in [0.4, 0.5) is 4.79 Å². The fourth-order valence-electron chi connectivity index (χ4n) is 3.43. The predicted octanol–water partition coefficient (Wildman–Crippen LogP) is 2.68. The molecule has 3 atom stereocenters. The molecule has 1 aliphatic carbocycles. The summed E-state index contributed by atoms with van der Waals surface area (Å²) in [4.78, 5) is 11.7. The molecule has 0 aromatic carbocycles. The van der Waals surface area contributed by atoms with E-state index in [-0.39, 0.29) is 6.09 Å². The molecule has 1 saturated heterocycles. The number of amides is 1. The number of carbonyl (C=O) groups is 1. The van der Waals surface area contributed by atoms with Gasteiger partial charge < -0.3 is 15.4 Å². The maximum absolute atomic E-state index is 11.7. The fourth-order valence-corrected chi connectivity index (χ4v) is 3.43. The van der Waals surface area contributed by atoms with Crippen LogP contribution in [0.1, 0.15) is 52.9 Å². The molecule has 1 aliphatic heterocycles. The largest absolute Gasteiger partial charge is 0.444 e. The lowest BCUT2D eigenvalue weighted by atomic mass is 9.73. The number of rotatable bonds is 2. The van der Waals surface area contributed by atoms with E-state index in [0.29, 0.717) is 12.0 Å². The van der Waals surface area contributed by atoms with Crippen molar-refractivity contribution in [3.63, 3.8) is 0 Å². The van der Waals surface area contributed by atoms with Crippen molar-refractivity contribution in [2.45, 2.75) is 64.5 Å². The molecule has 1 amide bonds. The van der Waals surface area contributed by atoms with Crippen LogP contribution in [-0.4, -0.2) is 30.8 Å². The number of fused-ring (bicyclic) bond motifs is 1. The summed E-state index contributed by atoms with van der Waals surface area (Å²) < 4.78 is 5.30. The van der Waals surface area contributed by atoms with Gasteiger partial charge in [0.25, 0.3) is 0 Å². The maximum atomic E-state index is 11.7. The summed E-state index contributed by atoms with van der Waals surface area (Å²) in [6.07, 6.45) is 6.17. The van der Waals surface area contributed by atoms with E-state index in [9.17, 15) is 4.79 Å². The van der Waals surface area contributed by atoms with Crippen molar-refractivity contribution in [1.82, 2.24) is 10.6 Å². The first-order chi connectivity index (χ1) is 8.96. The highest BCUT2D eigenvalue weighted by Crippen LogP contribution is 2.34. The fraction of sp³-hybridized carbons (Fsp3) is 0.933. The first-order valence-electron chi connectivity index (χ1n) is 7.66. The maximum Gasteiger partial charge on any atom is 0.407 e. The molecule has 110 valence electrons. The van der Waals surface area contributed by atoms with E-state index in [1.54, 1.807) is 0 Å². The first-order valence-corrected chi connectivity index (χ1v) is 7.66. The molecule has 2 rings (SSSR count). The van der Waals surface area contributed by atoms with Gasteiger partial charge >= 0.3 is 6.09 Å². The highest BCUT2D eigenvalue weighted by atomic mass is 16.6. The lowest BCUT2D eigenvalue weighted by Gasteiger charge is -2.42. The zero-order chi connectivity index (χ0) is 13.9.